The quantitative estimate of drug-likeness (QED) is 0.623. The van der Waals surface area contributed by atoms with E-state index in [0.29, 0.717) is 24.1 Å². The predicted octanol–water partition coefficient (Wildman–Crippen LogP) is 3.42. The first-order valence-corrected chi connectivity index (χ1v) is 11.0. The summed E-state index contributed by atoms with van der Waals surface area (Å²) in [5.74, 6) is 0.520. The summed E-state index contributed by atoms with van der Waals surface area (Å²) in [5, 5.41) is 13.4. The minimum absolute atomic E-state index is 0.0700. The summed E-state index contributed by atoms with van der Waals surface area (Å²) in [7, 11) is 0. The van der Waals surface area contributed by atoms with Crippen molar-refractivity contribution in [2.75, 3.05) is 25.1 Å². The van der Waals surface area contributed by atoms with Gasteiger partial charge in [-0.05, 0) is 36.1 Å². The van der Waals surface area contributed by atoms with E-state index in [-0.39, 0.29) is 18.6 Å². The van der Waals surface area contributed by atoms with E-state index in [4.69, 9.17) is 4.74 Å². The second kappa shape index (κ2) is 9.06. The highest BCUT2D eigenvalue weighted by molar-refractivity contribution is 5.99. The molecule has 0 bridgehead atoms. The maximum atomic E-state index is 13.2. The van der Waals surface area contributed by atoms with Gasteiger partial charge < -0.3 is 20.1 Å². The maximum Gasteiger partial charge on any atom is 0.255 e. The summed E-state index contributed by atoms with van der Waals surface area (Å²) in [5.41, 5.74) is 4.19. The molecule has 2 aliphatic heterocycles. The van der Waals surface area contributed by atoms with E-state index in [1.807, 2.05) is 54.6 Å². The number of fused-ring (bicyclic) bond motifs is 1. The molecule has 1 fully saturated rings. The lowest BCUT2D eigenvalue weighted by molar-refractivity contribution is 0.0615. The monoisotopic (exact) mass is 430 g/mol. The molecule has 5 rings (SSSR count). The van der Waals surface area contributed by atoms with Gasteiger partial charge in [0.2, 0.25) is 5.95 Å². The van der Waals surface area contributed by atoms with Gasteiger partial charge in [-0.15, -0.1) is 0 Å². The Morgan fingerprint density at radius 2 is 1.94 bits per heavy atom. The van der Waals surface area contributed by atoms with Gasteiger partial charge in [0.15, 0.2) is 0 Å². The molecule has 1 saturated heterocycles. The van der Waals surface area contributed by atoms with Crippen molar-refractivity contribution in [3.63, 3.8) is 0 Å². The van der Waals surface area contributed by atoms with Crippen molar-refractivity contribution in [3.05, 3.63) is 77.5 Å². The third-order valence-corrected chi connectivity index (χ3v) is 6.18. The van der Waals surface area contributed by atoms with Gasteiger partial charge in [0.05, 0.1) is 18.3 Å². The fourth-order valence-corrected chi connectivity index (χ4v) is 4.41. The molecule has 1 atom stereocenters. The Labute approximate surface area is 187 Å². The van der Waals surface area contributed by atoms with Crippen LogP contribution in [0, 0.1) is 0 Å². The number of carbonyl (C=O) groups excluding carboxylic acids is 1. The summed E-state index contributed by atoms with van der Waals surface area (Å²) in [4.78, 5) is 24.0. The molecule has 1 amide bonds. The number of aliphatic hydroxyl groups is 1. The number of carbonyl (C=O) groups is 1. The number of benzene rings is 2. The number of ether oxygens (including phenoxy) is 1. The van der Waals surface area contributed by atoms with Crippen molar-refractivity contribution in [1.29, 1.82) is 0 Å². The van der Waals surface area contributed by atoms with Gasteiger partial charge in [-0.1, -0.05) is 42.5 Å². The first-order valence-electron chi connectivity index (χ1n) is 11.0. The zero-order chi connectivity index (χ0) is 21.9. The first kappa shape index (κ1) is 20.6. The van der Waals surface area contributed by atoms with Gasteiger partial charge in [0, 0.05) is 43.1 Å². The second-order valence-electron chi connectivity index (χ2n) is 8.21. The predicted molar refractivity (Wildman–Crippen MR) is 121 cm³/mol. The van der Waals surface area contributed by atoms with Gasteiger partial charge in [0.1, 0.15) is 0 Å². The number of amides is 1. The molecule has 0 spiro atoms. The Kier molecular flexibility index (Phi) is 5.83. The van der Waals surface area contributed by atoms with Crippen molar-refractivity contribution >= 4 is 11.9 Å². The normalized spacial score (nSPS) is 17.3. The lowest BCUT2D eigenvalue weighted by Crippen LogP contribution is -2.31. The third-order valence-electron chi connectivity index (χ3n) is 6.18. The molecule has 1 unspecified atom stereocenters. The molecule has 7 heteroatoms. The van der Waals surface area contributed by atoms with E-state index in [0.717, 1.165) is 48.4 Å². The Bertz CT molecular complexity index is 1100. The fraction of sp³-hybridized carbons (Fsp3) is 0.320. The van der Waals surface area contributed by atoms with Crippen LogP contribution in [0.4, 0.5) is 5.95 Å². The molecule has 3 heterocycles. The number of aliphatic hydroxyl groups excluding tert-OH is 1. The van der Waals surface area contributed by atoms with Crippen LogP contribution in [0.15, 0.2) is 60.8 Å². The van der Waals surface area contributed by atoms with Gasteiger partial charge >= 0.3 is 0 Å². The van der Waals surface area contributed by atoms with Crippen LogP contribution < -0.4 is 5.32 Å². The zero-order valence-electron chi connectivity index (χ0n) is 17.8. The van der Waals surface area contributed by atoms with Crippen molar-refractivity contribution < 1.29 is 14.6 Å². The highest BCUT2D eigenvalue weighted by Gasteiger charge is 2.33. The number of nitrogens with zero attached hydrogens (tertiary/aromatic N) is 3. The van der Waals surface area contributed by atoms with Crippen LogP contribution in [0.3, 0.4) is 0 Å². The summed E-state index contributed by atoms with van der Waals surface area (Å²) >= 11 is 0. The highest BCUT2D eigenvalue weighted by Crippen LogP contribution is 2.33. The van der Waals surface area contributed by atoms with Gasteiger partial charge in [-0.2, -0.15) is 0 Å². The molecular weight excluding hydrogens is 404 g/mol. The van der Waals surface area contributed by atoms with Crippen LogP contribution in [-0.4, -0.2) is 51.7 Å². The molecule has 0 saturated carbocycles. The van der Waals surface area contributed by atoms with Crippen molar-refractivity contribution in [1.82, 2.24) is 14.9 Å². The molecule has 0 radical (unpaired) electrons. The maximum absolute atomic E-state index is 13.2. The molecule has 32 heavy (non-hydrogen) atoms. The molecule has 3 aromatic rings. The summed E-state index contributed by atoms with van der Waals surface area (Å²) in [6, 6.07) is 17.3. The molecule has 164 valence electrons. The Balaban J connectivity index is 1.38. The average molecular weight is 431 g/mol. The number of aromatic nitrogens is 2. The van der Waals surface area contributed by atoms with Crippen LogP contribution in [0.25, 0.3) is 11.3 Å². The SMILES string of the molecule is O=C1c2cc(-c3ccnc(NC4CCOCC4)n3)ccc2CN1C(CO)c1ccccc1. The van der Waals surface area contributed by atoms with Crippen molar-refractivity contribution in [2.24, 2.45) is 0 Å². The number of hydrogen-bond donors (Lipinski definition) is 2. The third kappa shape index (κ3) is 4.09. The molecular formula is C25H26N4O3. The van der Waals surface area contributed by atoms with Crippen LogP contribution in [0.5, 0.6) is 0 Å². The van der Waals surface area contributed by atoms with Crippen molar-refractivity contribution in [2.45, 2.75) is 31.5 Å². The van der Waals surface area contributed by atoms with E-state index in [2.05, 4.69) is 15.3 Å². The zero-order valence-corrected chi connectivity index (χ0v) is 17.8. The average Bonchev–Trinajstić information content (AvgIpc) is 3.17. The Hall–Kier alpha value is -3.29. The smallest absolute Gasteiger partial charge is 0.255 e. The lowest BCUT2D eigenvalue weighted by atomic mass is 10.0. The van der Waals surface area contributed by atoms with Gasteiger partial charge in [-0.3, -0.25) is 4.79 Å². The standard InChI is InChI=1S/C25H26N4O3/c30-16-23(17-4-2-1-3-5-17)29-15-19-7-6-18(14-21(19)24(29)31)22-8-11-26-25(28-22)27-20-9-12-32-13-10-20/h1-8,11,14,20,23,30H,9-10,12-13,15-16H2,(H,26,27,28). The number of nitrogens with one attached hydrogen (secondary N) is 1. The highest BCUT2D eigenvalue weighted by atomic mass is 16.5. The largest absolute Gasteiger partial charge is 0.394 e. The number of hydrogen-bond acceptors (Lipinski definition) is 6. The summed E-state index contributed by atoms with van der Waals surface area (Å²) < 4.78 is 5.41. The molecule has 2 N–H and O–H groups in total. The molecule has 7 nitrogen and oxygen atoms in total. The van der Waals surface area contributed by atoms with E-state index in [1.165, 1.54) is 0 Å². The van der Waals surface area contributed by atoms with Crippen LogP contribution in [0.1, 0.15) is 40.4 Å². The minimum Gasteiger partial charge on any atom is -0.394 e. The molecule has 0 aliphatic carbocycles. The van der Waals surface area contributed by atoms with Crippen LogP contribution >= 0.6 is 0 Å². The Morgan fingerprint density at radius 1 is 1.12 bits per heavy atom. The fourth-order valence-electron chi connectivity index (χ4n) is 4.41. The molecule has 1 aromatic heterocycles. The minimum atomic E-state index is -0.367. The van der Waals surface area contributed by atoms with E-state index >= 15 is 0 Å². The van der Waals surface area contributed by atoms with Crippen LogP contribution in [0.2, 0.25) is 0 Å². The lowest BCUT2D eigenvalue weighted by Gasteiger charge is -2.26. The van der Waals surface area contributed by atoms with Gasteiger partial charge in [-0.25, -0.2) is 9.97 Å². The van der Waals surface area contributed by atoms with E-state index in [1.54, 1.807) is 11.1 Å². The number of rotatable bonds is 6. The van der Waals surface area contributed by atoms with Crippen molar-refractivity contribution in [3.8, 4) is 11.3 Å². The number of anilines is 1. The van der Waals surface area contributed by atoms with E-state index in [9.17, 15) is 9.90 Å². The summed E-state index contributed by atoms with van der Waals surface area (Å²) in [6.07, 6.45) is 3.61. The summed E-state index contributed by atoms with van der Waals surface area (Å²) in [6.45, 7) is 1.86. The van der Waals surface area contributed by atoms with Crippen LogP contribution in [-0.2, 0) is 11.3 Å². The Morgan fingerprint density at radius 3 is 2.72 bits per heavy atom. The first-order chi connectivity index (χ1) is 15.7. The molecule has 2 aromatic carbocycles. The topological polar surface area (TPSA) is 87.6 Å². The second-order valence-corrected chi connectivity index (χ2v) is 8.21. The molecule has 2 aliphatic rings. The van der Waals surface area contributed by atoms with E-state index < -0.39 is 0 Å². The van der Waals surface area contributed by atoms with Gasteiger partial charge in [0.25, 0.3) is 5.91 Å².